The number of carbonyl (C=O) groups excluding carboxylic acids is 1. The van der Waals surface area contributed by atoms with Crippen LogP contribution in [0.2, 0.25) is 0 Å². The third-order valence-corrected chi connectivity index (χ3v) is 4.39. The Morgan fingerprint density at radius 2 is 1.61 bits per heavy atom. The number of rotatable bonds is 4. The Labute approximate surface area is 139 Å². The summed E-state index contributed by atoms with van der Waals surface area (Å²) < 4.78 is 26.0. The number of nitrogens with one attached hydrogen (secondary N) is 2. The number of Topliss-reactive ketones (excluding diaryl/α,β-unsaturated/α-hetero) is 1. The molecular weight excluding hydrogens is 312 g/mol. The second kappa shape index (κ2) is 6.07. The summed E-state index contributed by atoms with van der Waals surface area (Å²) in [7, 11) is -3.91. The molecular formula is C17H26N2O3S. The van der Waals surface area contributed by atoms with E-state index in [1.807, 2.05) is 47.6 Å². The van der Waals surface area contributed by atoms with Gasteiger partial charge in [0, 0.05) is 5.56 Å². The molecule has 0 radical (unpaired) electrons. The van der Waals surface area contributed by atoms with Gasteiger partial charge in [-0.05, 0) is 34.9 Å². The van der Waals surface area contributed by atoms with E-state index >= 15 is 0 Å². The molecule has 0 atom stereocenters. The van der Waals surface area contributed by atoms with Crippen molar-refractivity contribution in [1.29, 1.82) is 5.41 Å². The maximum absolute atomic E-state index is 12.2. The molecule has 1 rings (SSSR count). The summed E-state index contributed by atoms with van der Waals surface area (Å²) in [6.45, 7) is 13.4. The predicted octanol–water partition coefficient (Wildman–Crippen LogP) is 3.83. The van der Waals surface area contributed by atoms with Crippen molar-refractivity contribution in [3.63, 3.8) is 0 Å². The third-order valence-electron chi connectivity index (χ3n) is 3.57. The van der Waals surface area contributed by atoms with Crippen molar-refractivity contribution < 1.29 is 13.2 Å². The SMILES string of the molecule is CC(=O)c1c(NS(=O)(=O)C=N)cc(C(C)(C)C)cc1C(C)(C)C. The zero-order valence-corrected chi connectivity index (χ0v) is 15.7. The Hall–Kier alpha value is -1.69. The molecule has 0 saturated heterocycles. The Bertz CT molecular complexity index is 736. The highest BCUT2D eigenvalue weighted by molar-refractivity contribution is 8.05. The topological polar surface area (TPSA) is 87.1 Å². The molecule has 0 aliphatic carbocycles. The molecule has 2 N–H and O–H groups in total. The maximum atomic E-state index is 12.2. The number of carbonyl (C=O) groups is 1. The van der Waals surface area contributed by atoms with E-state index in [4.69, 9.17) is 5.41 Å². The van der Waals surface area contributed by atoms with Crippen LogP contribution >= 0.6 is 0 Å². The largest absolute Gasteiger partial charge is 0.295 e. The first kappa shape index (κ1) is 19.4. The first-order valence-electron chi connectivity index (χ1n) is 7.42. The van der Waals surface area contributed by atoms with Gasteiger partial charge in [-0.1, -0.05) is 47.6 Å². The van der Waals surface area contributed by atoms with Crippen molar-refractivity contribution in [2.24, 2.45) is 0 Å². The van der Waals surface area contributed by atoms with Crippen molar-refractivity contribution in [2.75, 3.05) is 4.72 Å². The van der Waals surface area contributed by atoms with Gasteiger partial charge in [-0.2, -0.15) is 0 Å². The first-order chi connectivity index (χ1) is 10.2. The standard InChI is InChI=1S/C17H26N2O3S/c1-11(20)15-13(17(5,6)7)8-12(16(2,3)4)9-14(15)19-23(21,22)10-18/h8-10,18-19H,1-7H3. The van der Waals surface area contributed by atoms with Crippen LogP contribution in [-0.2, 0) is 20.9 Å². The molecule has 0 spiro atoms. The lowest BCUT2D eigenvalue weighted by Gasteiger charge is -2.29. The molecule has 0 amide bonds. The van der Waals surface area contributed by atoms with Gasteiger partial charge < -0.3 is 0 Å². The average Bonchev–Trinajstić information content (AvgIpc) is 2.34. The van der Waals surface area contributed by atoms with Gasteiger partial charge in [0.15, 0.2) is 5.78 Å². The van der Waals surface area contributed by atoms with Crippen molar-refractivity contribution >= 4 is 27.0 Å². The van der Waals surface area contributed by atoms with Crippen molar-refractivity contribution in [1.82, 2.24) is 0 Å². The quantitative estimate of drug-likeness (QED) is 0.497. The van der Waals surface area contributed by atoms with Gasteiger partial charge in [0.25, 0.3) is 10.0 Å². The molecule has 23 heavy (non-hydrogen) atoms. The van der Waals surface area contributed by atoms with Gasteiger partial charge in [0.05, 0.1) is 5.69 Å². The fraction of sp³-hybridized carbons (Fsp3) is 0.529. The van der Waals surface area contributed by atoms with E-state index in [-0.39, 0.29) is 22.3 Å². The molecule has 0 saturated carbocycles. The normalized spacial score (nSPS) is 12.8. The second-order valence-electron chi connectivity index (χ2n) is 7.77. The number of benzene rings is 1. The lowest BCUT2D eigenvalue weighted by molar-refractivity contribution is 0.101. The van der Waals surface area contributed by atoms with Crippen LogP contribution in [0.3, 0.4) is 0 Å². The lowest BCUT2D eigenvalue weighted by atomic mass is 9.77. The fourth-order valence-electron chi connectivity index (χ4n) is 2.31. The van der Waals surface area contributed by atoms with Gasteiger partial charge in [-0.3, -0.25) is 14.9 Å². The minimum atomic E-state index is -3.91. The summed E-state index contributed by atoms with van der Waals surface area (Å²) in [4.78, 5) is 12.2. The summed E-state index contributed by atoms with van der Waals surface area (Å²) in [6, 6.07) is 3.66. The van der Waals surface area contributed by atoms with Crippen LogP contribution in [0.25, 0.3) is 0 Å². The molecule has 5 nitrogen and oxygen atoms in total. The second-order valence-corrected chi connectivity index (χ2v) is 9.30. The predicted molar refractivity (Wildman–Crippen MR) is 95.2 cm³/mol. The van der Waals surface area contributed by atoms with Gasteiger partial charge >= 0.3 is 0 Å². The highest BCUT2D eigenvalue weighted by Crippen LogP contribution is 2.36. The maximum Gasteiger partial charge on any atom is 0.271 e. The Morgan fingerprint density at radius 3 is 1.96 bits per heavy atom. The third kappa shape index (κ3) is 4.64. The number of hydrogen-bond acceptors (Lipinski definition) is 4. The number of hydrogen-bond donors (Lipinski definition) is 2. The zero-order valence-electron chi connectivity index (χ0n) is 14.9. The highest BCUT2D eigenvalue weighted by Gasteiger charge is 2.27. The number of sulfonamides is 1. The van der Waals surface area contributed by atoms with Crippen LogP contribution in [0.4, 0.5) is 5.69 Å². The summed E-state index contributed by atoms with van der Waals surface area (Å²) in [5, 5.41) is 7.03. The van der Waals surface area contributed by atoms with E-state index in [0.717, 1.165) is 11.1 Å². The van der Waals surface area contributed by atoms with E-state index in [1.54, 1.807) is 6.07 Å². The molecule has 0 aliphatic heterocycles. The zero-order chi connectivity index (χ0) is 18.2. The summed E-state index contributed by atoms with van der Waals surface area (Å²) >= 11 is 0. The Balaban J connectivity index is 3.84. The minimum Gasteiger partial charge on any atom is -0.295 e. The highest BCUT2D eigenvalue weighted by atomic mass is 32.2. The number of anilines is 1. The fourth-order valence-corrected chi connectivity index (χ4v) is 2.84. The molecule has 0 unspecified atom stereocenters. The van der Waals surface area contributed by atoms with Crippen LogP contribution in [0.15, 0.2) is 12.1 Å². The number of ketones is 1. The summed E-state index contributed by atoms with van der Waals surface area (Å²) in [6.07, 6.45) is 0. The van der Waals surface area contributed by atoms with Gasteiger partial charge in [-0.25, -0.2) is 8.42 Å². The van der Waals surface area contributed by atoms with E-state index in [2.05, 4.69) is 4.72 Å². The van der Waals surface area contributed by atoms with E-state index in [1.165, 1.54) is 6.92 Å². The molecule has 0 heterocycles. The molecule has 0 aliphatic rings. The first-order valence-corrected chi connectivity index (χ1v) is 8.97. The molecule has 1 aromatic carbocycles. The summed E-state index contributed by atoms with van der Waals surface area (Å²) in [5.41, 5.74) is 2.12. The Kier molecular flexibility index (Phi) is 5.11. The summed E-state index contributed by atoms with van der Waals surface area (Å²) in [5.74, 6) is -0.210. The van der Waals surface area contributed by atoms with Gasteiger partial charge in [0.2, 0.25) is 0 Å². The van der Waals surface area contributed by atoms with Crippen molar-refractivity contribution in [2.45, 2.75) is 59.3 Å². The molecule has 6 heteroatoms. The van der Waals surface area contributed by atoms with Gasteiger partial charge in [0.1, 0.15) is 5.55 Å². The molecule has 1 aromatic rings. The van der Waals surface area contributed by atoms with E-state index in [0.29, 0.717) is 11.1 Å². The van der Waals surface area contributed by atoms with E-state index in [9.17, 15) is 13.2 Å². The Morgan fingerprint density at radius 1 is 1.09 bits per heavy atom. The van der Waals surface area contributed by atoms with Crippen LogP contribution in [0.5, 0.6) is 0 Å². The van der Waals surface area contributed by atoms with E-state index < -0.39 is 10.0 Å². The average molecular weight is 338 g/mol. The van der Waals surface area contributed by atoms with Gasteiger partial charge in [-0.15, -0.1) is 0 Å². The van der Waals surface area contributed by atoms with Crippen LogP contribution in [0, 0.1) is 5.41 Å². The smallest absolute Gasteiger partial charge is 0.271 e. The van der Waals surface area contributed by atoms with Crippen LogP contribution in [0.1, 0.15) is 70.0 Å². The molecule has 128 valence electrons. The monoisotopic (exact) mass is 338 g/mol. The molecule has 0 bridgehead atoms. The van der Waals surface area contributed by atoms with Crippen molar-refractivity contribution in [3.05, 3.63) is 28.8 Å². The van der Waals surface area contributed by atoms with Crippen LogP contribution in [-0.4, -0.2) is 19.7 Å². The van der Waals surface area contributed by atoms with Crippen LogP contribution < -0.4 is 4.72 Å². The minimum absolute atomic E-state index is 0.208. The van der Waals surface area contributed by atoms with Crippen molar-refractivity contribution in [3.8, 4) is 0 Å². The molecule has 0 fully saturated rings. The lowest BCUT2D eigenvalue weighted by Crippen LogP contribution is -2.23. The molecule has 0 aromatic heterocycles.